The number of ether oxygens (including phenoxy) is 3. The van der Waals surface area contributed by atoms with E-state index in [9.17, 15) is 4.79 Å². The first-order valence-electron chi connectivity index (χ1n) is 6.20. The Morgan fingerprint density at radius 3 is 2.10 bits per heavy atom. The van der Waals surface area contributed by atoms with Crippen molar-refractivity contribution in [3.8, 4) is 17.2 Å². The van der Waals surface area contributed by atoms with E-state index < -0.39 is 0 Å². The van der Waals surface area contributed by atoms with Crippen LogP contribution < -0.4 is 14.2 Å². The highest BCUT2D eigenvalue weighted by atomic mass is 79.9. The molecule has 6 heteroatoms. The molecule has 0 aromatic heterocycles. The highest BCUT2D eigenvalue weighted by Gasteiger charge is 2.18. The first-order valence-corrected chi connectivity index (χ1v) is 7.32. The molecule has 0 saturated carbocycles. The molecule has 0 bridgehead atoms. The maximum absolute atomic E-state index is 12.3. The Kier molecular flexibility index (Phi) is 6.64. The normalized spacial score (nSPS) is 10.1. The molecule has 0 radical (unpaired) electrons. The molecule has 1 rings (SSSR count). The van der Waals surface area contributed by atoms with E-state index >= 15 is 0 Å². The minimum absolute atomic E-state index is 0.0785. The average molecular weight is 346 g/mol. The number of carbonyl (C=O) groups excluding carboxylic acids is 1. The van der Waals surface area contributed by atoms with E-state index in [1.165, 1.54) is 21.3 Å². The molecule has 112 valence electrons. The summed E-state index contributed by atoms with van der Waals surface area (Å²) in [7, 11) is 6.36. The van der Waals surface area contributed by atoms with E-state index in [0.717, 1.165) is 11.8 Å². The first-order chi connectivity index (χ1) is 9.58. The quantitative estimate of drug-likeness (QED) is 0.712. The third-order valence-electron chi connectivity index (χ3n) is 2.89. The summed E-state index contributed by atoms with van der Waals surface area (Å²) in [5.41, 5.74) is 0.511. The van der Waals surface area contributed by atoms with Gasteiger partial charge in [-0.05, 0) is 18.6 Å². The van der Waals surface area contributed by atoms with Gasteiger partial charge in [0.25, 0.3) is 5.91 Å². The predicted octanol–water partition coefficient (Wildman–Crippen LogP) is 2.57. The fourth-order valence-electron chi connectivity index (χ4n) is 1.82. The number of nitrogens with zero attached hydrogens (tertiary/aromatic N) is 1. The summed E-state index contributed by atoms with van der Waals surface area (Å²) in [6.45, 7) is 0.681. The van der Waals surface area contributed by atoms with E-state index in [4.69, 9.17) is 14.2 Å². The second-order valence-corrected chi connectivity index (χ2v) is 4.98. The number of methoxy groups -OCH3 is 3. The van der Waals surface area contributed by atoms with E-state index in [1.807, 2.05) is 0 Å². The lowest BCUT2D eigenvalue weighted by molar-refractivity contribution is 0.0795. The molecule has 5 nitrogen and oxygen atoms in total. The van der Waals surface area contributed by atoms with Crippen LogP contribution in [0.3, 0.4) is 0 Å². The van der Waals surface area contributed by atoms with Crippen molar-refractivity contribution in [3.63, 3.8) is 0 Å². The van der Waals surface area contributed by atoms with Gasteiger partial charge in [-0.2, -0.15) is 0 Å². The molecule has 0 atom stereocenters. The van der Waals surface area contributed by atoms with Crippen LogP contribution in [0.5, 0.6) is 17.2 Å². The van der Waals surface area contributed by atoms with Gasteiger partial charge in [-0.15, -0.1) is 0 Å². The van der Waals surface area contributed by atoms with Crippen molar-refractivity contribution in [1.82, 2.24) is 4.90 Å². The molecule has 0 heterocycles. The van der Waals surface area contributed by atoms with Gasteiger partial charge in [-0.3, -0.25) is 4.79 Å². The maximum atomic E-state index is 12.3. The van der Waals surface area contributed by atoms with Gasteiger partial charge < -0.3 is 19.1 Å². The van der Waals surface area contributed by atoms with Crippen molar-refractivity contribution >= 4 is 21.8 Å². The zero-order chi connectivity index (χ0) is 15.1. The van der Waals surface area contributed by atoms with E-state index in [2.05, 4.69) is 15.9 Å². The number of alkyl halides is 1. The Hall–Kier alpha value is -1.43. The van der Waals surface area contributed by atoms with Gasteiger partial charge in [0.15, 0.2) is 11.5 Å². The van der Waals surface area contributed by atoms with Crippen molar-refractivity contribution in [1.29, 1.82) is 0 Å². The lowest BCUT2D eigenvalue weighted by Gasteiger charge is -2.19. The minimum atomic E-state index is -0.0785. The molecule has 0 unspecified atom stereocenters. The van der Waals surface area contributed by atoms with Crippen molar-refractivity contribution in [3.05, 3.63) is 17.7 Å². The summed E-state index contributed by atoms with van der Waals surface area (Å²) < 4.78 is 15.7. The highest BCUT2D eigenvalue weighted by Crippen LogP contribution is 2.38. The molecule has 0 N–H and O–H groups in total. The summed E-state index contributed by atoms with van der Waals surface area (Å²) in [6.07, 6.45) is 0.896. The SMILES string of the molecule is COc1cc(C(=O)N(C)CCCBr)cc(OC)c1OC. The monoisotopic (exact) mass is 345 g/mol. The topological polar surface area (TPSA) is 48.0 Å². The van der Waals surface area contributed by atoms with Crippen molar-refractivity contribution < 1.29 is 19.0 Å². The molecular weight excluding hydrogens is 326 g/mol. The zero-order valence-electron chi connectivity index (χ0n) is 12.2. The Bertz CT molecular complexity index is 439. The molecule has 1 aromatic carbocycles. The fraction of sp³-hybridized carbons (Fsp3) is 0.500. The lowest BCUT2D eigenvalue weighted by Crippen LogP contribution is -2.28. The largest absolute Gasteiger partial charge is 0.493 e. The Morgan fingerprint density at radius 2 is 1.70 bits per heavy atom. The van der Waals surface area contributed by atoms with Gasteiger partial charge in [-0.1, -0.05) is 15.9 Å². The number of halogens is 1. The number of amides is 1. The molecular formula is C14H20BrNO4. The summed E-state index contributed by atoms with van der Waals surface area (Å²) in [4.78, 5) is 14.0. The Balaban J connectivity index is 3.09. The van der Waals surface area contributed by atoms with Crippen LogP contribution in [-0.4, -0.2) is 51.1 Å². The van der Waals surface area contributed by atoms with E-state index in [-0.39, 0.29) is 5.91 Å². The number of rotatable bonds is 7. The van der Waals surface area contributed by atoms with Crippen molar-refractivity contribution in [2.24, 2.45) is 0 Å². The standard InChI is InChI=1S/C14H20BrNO4/c1-16(7-5-6-15)14(17)10-8-11(18-2)13(20-4)12(9-10)19-3/h8-9H,5-7H2,1-4H3. The van der Waals surface area contributed by atoms with Crippen LogP contribution in [0.4, 0.5) is 0 Å². The molecule has 0 aliphatic rings. The van der Waals surface area contributed by atoms with E-state index in [1.54, 1.807) is 24.1 Å². The van der Waals surface area contributed by atoms with Crippen LogP contribution in [0.25, 0.3) is 0 Å². The Labute approximate surface area is 127 Å². The minimum Gasteiger partial charge on any atom is -0.493 e. The fourth-order valence-corrected chi connectivity index (χ4v) is 2.07. The third kappa shape index (κ3) is 3.79. The second kappa shape index (κ2) is 7.99. The van der Waals surface area contributed by atoms with Crippen LogP contribution in [0.2, 0.25) is 0 Å². The van der Waals surface area contributed by atoms with Gasteiger partial charge in [0.2, 0.25) is 5.75 Å². The van der Waals surface area contributed by atoms with Gasteiger partial charge in [0, 0.05) is 24.5 Å². The number of hydrogen-bond donors (Lipinski definition) is 0. The average Bonchev–Trinajstić information content (AvgIpc) is 2.49. The molecule has 1 amide bonds. The number of benzene rings is 1. The third-order valence-corrected chi connectivity index (χ3v) is 3.45. The van der Waals surface area contributed by atoms with E-state index in [0.29, 0.717) is 29.4 Å². The van der Waals surface area contributed by atoms with Gasteiger partial charge in [0.1, 0.15) is 0 Å². The molecule has 1 aromatic rings. The first kappa shape index (κ1) is 16.6. The number of hydrogen-bond acceptors (Lipinski definition) is 4. The predicted molar refractivity (Wildman–Crippen MR) is 81.5 cm³/mol. The zero-order valence-corrected chi connectivity index (χ0v) is 13.8. The van der Waals surface area contributed by atoms with Crippen LogP contribution in [0.1, 0.15) is 16.8 Å². The van der Waals surface area contributed by atoms with Gasteiger partial charge in [-0.25, -0.2) is 0 Å². The maximum Gasteiger partial charge on any atom is 0.253 e. The molecule has 20 heavy (non-hydrogen) atoms. The van der Waals surface area contributed by atoms with Crippen molar-refractivity contribution in [2.45, 2.75) is 6.42 Å². The molecule has 0 fully saturated rings. The molecule has 0 spiro atoms. The van der Waals surface area contributed by atoms with Crippen LogP contribution in [-0.2, 0) is 0 Å². The van der Waals surface area contributed by atoms with Crippen molar-refractivity contribution in [2.75, 3.05) is 40.3 Å². The lowest BCUT2D eigenvalue weighted by atomic mass is 10.1. The molecule has 0 saturated heterocycles. The van der Waals surface area contributed by atoms with Gasteiger partial charge in [0.05, 0.1) is 21.3 Å². The van der Waals surface area contributed by atoms with Crippen LogP contribution in [0.15, 0.2) is 12.1 Å². The van der Waals surface area contributed by atoms with Gasteiger partial charge >= 0.3 is 0 Å². The van der Waals surface area contributed by atoms with Crippen LogP contribution in [0, 0.1) is 0 Å². The smallest absolute Gasteiger partial charge is 0.253 e. The number of carbonyl (C=O) groups is 1. The summed E-state index contributed by atoms with van der Waals surface area (Å²) in [6, 6.07) is 3.32. The molecule has 0 aliphatic heterocycles. The Morgan fingerprint density at radius 1 is 1.15 bits per heavy atom. The second-order valence-electron chi connectivity index (χ2n) is 4.18. The highest BCUT2D eigenvalue weighted by molar-refractivity contribution is 9.09. The van der Waals surface area contributed by atoms with Crippen LogP contribution >= 0.6 is 15.9 Å². The summed E-state index contributed by atoms with van der Waals surface area (Å²) in [5.74, 6) is 1.35. The summed E-state index contributed by atoms with van der Waals surface area (Å²) >= 11 is 3.35. The molecule has 0 aliphatic carbocycles. The summed E-state index contributed by atoms with van der Waals surface area (Å²) in [5, 5.41) is 0.861.